The van der Waals surface area contributed by atoms with E-state index >= 15 is 0 Å². The molecule has 0 amide bonds. The highest BCUT2D eigenvalue weighted by Gasteiger charge is 2.11. The van der Waals surface area contributed by atoms with Crippen LogP contribution in [0.3, 0.4) is 0 Å². The molecule has 106 valence electrons. The number of rotatable bonds is 6. The summed E-state index contributed by atoms with van der Waals surface area (Å²) in [4.78, 5) is 18.0. The van der Waals surface area contributed by atoms with Crippen LogP contribution in [0.4, 0.5) is 5.13 Å². The van der Waals surface area contributed by atoms with Gasteiger partial charge in [0.25, 0.3) is 0 Å². The van der Waals surface area contributed by atoms with Crippen LogP contribution in [0.15, 0.2) is 35.7 Å². The predicted molar refractivity (Wildman–Crippen MR) is 81.0 cm³/mol. The van der Waals surface area contributed by atoms with Crippen LogP contribution in [0.1, 0.15) is 18.2 Å². The van der Waals surface area contributed by atoms with Gasteiger partial charge in [0.2, 0.25) is 0 Å². The SMILES string of the molecule is CCOC(=O)Cc1csc(N(C)Cc2ccccc2)n1. The van der Waals surface area contributed by atoms with Gasteiger partial charge >= 0.3 is 5.97 Å². The Morgan fingerprint density at radius 3 is 2.80 bits per heavy atom. The number of hydrogen-bond acceptors (Lipinski definition) is 5. The monoisotopic (exact) mass is 290 g/mol. The molecule has 1 heterocycles. The molecule has 0 aliphatic carbocycles. The second-order valence-electron chi connectivity index (χ2n) is 4.44. The third kappa shape index (κ3) is 4.06. The largest absolute Gasteiger partial charge is 0.466 e. The van der Waals surface area contributed by atoms with Gasteiger partial charge in [0, 0.05) is 19.0 Å². The van der Waals surface area contributed by atoms with Gasteiger partial charge in [-0.15, -0.1) is 11.3 Å². The first-order valence-electron chi connectivity index (χ1n) is 6.54. The molecule has 0 aliphatic rings. The number of aromatic nitrogens is 1. The van der Waals surface area contributed by atoms with Crippen molar-refractivity contribution in [3.63, 3.8) is 0 Å². The van der Waals surface area contributed by atoms with Gasteiger partial charge in [-0.05, 0) is 12.5 Å². The number of benzene rings is 1. The topological polar surface area (TPSA) is 42.4 Å². The van der Waals surface area contributed by atoms with E-state index in [4.69, 9.17) is 4.74 Å². The van der Waals surface area contributed by atoms with Crippen LogP contribution in [0, 0.1) is 0 Å². The first-order chi connectivity index (χ1) is 9.69. The Balaban J connectivity index is 1.96. The molecule has 0 saturated heterocycles. The van der Waals surface area contributed by atoms with E-state index in [1.165, 1.54) is 5.56 Å². The highest BCUT2D eigenvalue weighted by atomic mass is 32.1. The van der Waals surface area contributed by atoms with Gasteiger partial charge in [-0.1, -0.05) is 30.3 Å². The maximum Gasteiger partial charge on any atom is 0.311 e. The summed E-state index contributed by atoms with van der Waals surface area (Å²) in [6, 6.07) is 10.2. The zero-order chi connectivity index (χ0) is 14.4. The molecule has 4 nitrogen and oxygen atoms in total. The van der Waals surface area contributed by atoms with E-state index < -0.39 is 0 Å². The minimum atomic E-state index is -0.227. The Hall–Kier alpha value is -1.88. The maximum absolute atomic E-state index is 11.4. The molecule has 0 N–H and O–H groups in total. The Kier molecular flexibility index (Phi) is 5.12. The van der Waals surface area contributed by atoms with Crippen LogP contribution < -0.4 is 4.90 Å². The molecule has 0 fully saturated rings. The lowest BCUT2D eigenvalue weighted by Gasteiger charge is -2.15. The summed E-state index contributed by atoms with van der Waals surface area (Å²) in [5.41, 5.74) is 2.00. The molecule has 0 atom stereocenters. The fourth-order valence-corrected chi connectivity index (χ4v) is 2.63. The Labute approximate surface area is 123 Å². The number of thiazole rings is 1. The minimum absolute atomic E-state index is 0.227. The summed E-state index contributed by atoms with van der Waals surface area (Å²) in [6.45, 7) is 3.01. The molecule has 0 bridgehead atoms. The van der Waals surface area contributed by atoms with E-state index in [9.17, 15) is 4.79 Å². The highest BCUT2D eigenvalue weighted by Crippen LogP contribution is 2.21. The van der Waals surface area contributed by atoms with Gasteiger partial charge in [-0.25, -0.2) is 4.98 Å². The number of nitrogens with zero attached hydrogens (tertiary/aromatic N) is 2. The summed E-state index contributed by atoms with van der Waals surface area (Å²) in [5.74, 6) is -0.227. The summed E-state index contributed by atoms with van der Waals surface area (Å²) in [6.07, 6.45) is 0.240. The molecule has 1 aromatic carbocycles. The van der Waals surface area contributed by atoms with E-state index in [0.717, 1.165) is 17.4 Å². The van der Waals surface area contributed by atoms with Crippen molar-refractivity contribution in [1.82, 2.24) is 4.98 Å². The average molecular weight is 290 g/mol. The molecule has 2 rings (SSSR count). The van der Waals surface area contributed by atoms with Crippen molar-refractivity contribution in [3.8, 4) is 0 Å². The third-order valence-electron chi connectivity index (χ3n) is 2.76. The van der Waals surface area contributed by atoms with Crippen molar-refractivity contribution in [3.05, 3.63) is 47.0 Å². The van der Waals surface area contributed by atoms with Crippen molar-refractivity contribution in [1.29, 1.82) is 0 Å². The standard InChI is InChI=1S/C15H18N2O2S/c1-3-19-14(18)9-13-11-20-15(16-13)17(2)10-12-7-5-4-6-8-12/h4-8,11H,3,9-10H2,1-2H3. The van der Waals surface area contributed by atoms with Crippen molar-refractivity contribution in [2.45, 2.75) is 19.9 Å². The smallest absolute Gasteiger partial charge is 0.311 e. The highest BCUT2D eigenvalue weighted by molar-refractivity contribution is 7.13. The van der Waals surface area contributed by atoms with Crippen LogP contribution in [-0.4, -0.2) is 24.6 Å². The van der Waals surface area contributed by atoms with Crippen molar-refractivity contribution in [2.24, 2.45) is 0 Å². The molecule has 0 aliphatic heterocycles. The maximum atomic E-state index is 11.4. The molecule has 0 spiro atoms. The predicted octanol–water partition coefficient (Wildman–Crippen LogP) is 2.89. The molecule has 0 unspecified atom stereocenters. The number of anilines is 1. The van der Waals surface area contributed by atoms with E-state index in [1.54, 1.807) is 18.3 Å². The Morgan fingerprint density at radius 2 is 2.10 bits per heavy atom. The second-order valence-corrected chi connectivity index (χ2v) is 5.28. The first kappa shape index (κ1) is 14.5. The lowest BCUT2D eigenvalue weighted by Crippen LogP contribution is -2.16. The van der Waals surface area contributed by atoms with Crippen LogP contribution in [0.5, 0.6) is 0 Å². The molecular formula is C15H18N2O2S. The molecule has 20 heavy (non-hydrogen) atoms. The Bertz CT molecular complexity index is 554. The van der Waals surface area contributed by atoms with Crippen LogP contribution in [0.2, 0.25) is 0 Å². The lowest BCUT2D eigenvalue weighted by molar-refractivity contribution is -0.142. The molecule has 0 saturated carbocycles. The third-order valence-corrected chi connectivity index (χ3v) is 3.76. The van der Waals surface area contributed by atoms with Gasteiger partial charge in [0.1, 0.15) is 0 Å². The van der Waals surface area contributed by atoms with Gasteiger partial charge in [-0.2, -0.15) is 0 Å². The van der Waals surface area contributed by atoms with Gasteiger partial charge < -0.3 is 9.64 Å². The van der Waals surface area contributed by atoms with E-state index in [1.807, 2.05) is 30.6 Å². The number of carbonyl (C=O) groups excluding carboxylic acids is 1. The number of esters is 1. The van der Waals surface area contributed by atoms with E-state index in [0.29, 0.717) is 6.61 Å². The molecule has 2 aromatic rings. The van der Waals surface area contributed by atoms with E-state index in [2.05, 4.69) is 22.0 Å². The minimum Gasteiger partial charge on any atom is -0.466 e. The molecular weight excluding hydrogens is 272 g/mol. The Morgan fingerprint density at radius 1 is 1.35 bits per heavy atom. The fraction of sp³-hybridized carbons (Fsp3) is 0.333. The average Bonchev–Trinajstić information content (AvgIpc) is 2.88. The quantitative estimate of drug-likeness (QED) is 0.767. The first-order valence-corrected chi connectivity index (χ1v) is 7.42. The molecule has 5 heteroatoms. The summed E-state index contributed by atoms with van der Waals surface area (Å²) in [5, 5.41) is 2.82. The van der Waals surface area contributed by atoms with E-state index in [-0.39, 0.29) is 12.4 Å². The van der Waals surface area contributed by atoms with Crippen molar-refractivity contribution < 1.29 is 9.53 Å². The van der Waals surface area contributed by atoms with Crippen LogP contribution in [-0.2, 0) is 22.5 Å². The summed E-state index contributed by atoms with van der Waals surface area (Å²) < 4.78 is 4.92. The second kappa shape index (κ2) is 7.05. The zero-order valence-corrected chi connectivity index (χ0v) is 12.5. The van der Waals surface area contributed by atoms with Gasteiger partial charge in [0.15, 0.2) is 5.13 Å². The van der Waals surface area contributed by atoms with Gasteiger partial charge in [0.05, 0.1) is 18.7 Å². The fourth-order valence-electron chi connectivity index (χ4n) is 1.84. The number of carbonyl (C=O) groups is 1. The zero-order valence-electron chi connectivity index (χ0n) is 11.7. The summed E-state index contributed by atoms with van der Waals surface area (Å²) in [7, 11) is 2.00. The lowest BCUT2D eigenvalue weighted by atomic mass is 10.2. The van der Waals surface area contributed by atoms with Crippen molar-refractivity contribution in [2.75, 3.05) is 18.6 Å². The van der Waals surface area contributed by atoms with Crippen molar-refractivity contribution >= 4 is 22.4 Å². The van der Waals surface area contributed by atoms with Crippen LogP contribution >= 0.6 is 11.3 Å². The number of hydrogen-bond donors (Lipinski definition) is 0. The van der Waals surface area contributed by atoms with Gasteiger partial charge in [-0.3, -0.25) is 4.79 Å². The molecule has 1 aromatic heterocycles. The van der Waals surface area contributed by atoms with Crippen LogP contribution in [0.25, 0.3) is 0 Å². The molecule has 0 radical (unpaired) electrons. The number of ether oxygens (including phenoxy) is 1. The normalized spacial score (nSPS) is 10.3. The summed E-state index contributed by atoms with van der Waals surface area (Å²) >= 11 is 1.54.